The number of esters is 1. The molecule has 0 spiro atoms. The topological polar surface area (TPSA) is 26.3 Å². The van der Waals surface area contributed by atoms with Crippen molar-refractivity contribution in [2.45, 2.75) is 52.4 Å². The molecule has 1 aromatic carbocycles. The van der Waals surface area contributed by atoms with E-state index >= 15 is 0 Å². The monoisotopic (exact) mass is 262 g/mol. The van der Waals surface area contributed by atoms with Gasteiger partial charge in [0.15, 0.2) is 0 Å². The number of carbonyl (C=O) groups excluding carboxylic acids is 1. The van der Waals surface area contributed by atoms with E-state index in [1.54, 1.807) is 0 Å². The maximum Gasteiger partial charge on any atom is 0.309 e. The van der Waals surface area contributed by atoms with E-state index in [9.17, 15) is 4.79 Å². The van der Waals surface area contributed by atoms with Crippen molar-refractivity contribution in [1.82, 2.24) is 0 Å². The highest BCUT2D eigenvalue weighted by molar-refractivity contribution is 5.72. The fourth-order valence-corrected chi connectivity index (χ4v) is 2.09. The van der Waals surface area contributed by atoms with Crippen LogP contribution in [0.25, 0.3) is 0 Å². The van der Waals surface area contributed by atoms with Crippen molar-refractivity contribution in [3.05, 3.63) is 35.4 Å². The Balaban J connectivity index is 2.30. The third-order valence-electron chi connectivity index (χ3n) is 3.71. The van der Waals surface area contributed by atoms with Crippen LogP contribution in [0.2, 0.25) is 0 Å². The quantitative estimate of drug-likeness (QED) is 0.519. The van der Waals surface area contributed by atoms with E-state index in [0.717, 1.165) is 17.9 Å². The largest absolute Gasteiger partial charge is 0.469 e. The Morgan fingerprint density at radius 3 is 2.37 bits per heavy atom. The van der Waals surface area contributed by atoms with Crippen LogP contribution >= 0.6 is 0 Å². The molecule has 0 bridgehead atoms. The van der Waals surface area contributed by atoms with E-state index in [0.29, 0.717) is 6.42 Å². The molecule has 19 heavy (non-hydrogen) atoms. The molecule has 1 aromatic rings. The van der Waals surface area contributed by atoms with E-state index in [1.807, 2.05) is 12.1 Å². The highest BCUT2D eigenvalue weighted by Gasteiger charge is 2.03. The van der Waals surface area contributed by atoms with Gasteiger partial charge >= 0.3 is 5.97 Å². The third-order valence-corrected chi connectivity index (χ3v) is 3.71. The summed E-state index contributed by atoms with van der Waals surface area (Å²) < 4.78 is 4.66. The van der Waals surface area contributed by atoms with Crippen molar-refractivity contribution in [2.75, 3.05) is 7.11 Å². The first-order valence-corrected chi connectivity index (χ1v) is 7.30. The molecule has 106 valence electrons. The van der Waals surface area contributed by atoms with Crippen LogP contribution in [0, 0.1) is 5.92 Å². The van der Waals surface area contributed by atoms with Crippen molar-refractivity contribution < 1.29 is 9.53 Å². The number of hydrogen-bond acceptors (Lipinski definition) is 2. The van der Waals surface area contributed by atoms with Gasteiger partial charge in [0.2, 0.25) is 0 Å². The first kappa shape index (κ1) is 15.7. The number of methoxy groups -OCH3 is 1. The smallest absolute Gasteiger partial charge is 0.309 e. The molecule has 0 unspecified atom stereocenters. The minimum atomic E-state index is -0.179. The molecule has 0 saturated carbocycles. The van der Waals surface area contributed by atoms with Crippen LogP contribution in [0.3, 0.4) is 0 Å². The summed E-state index contributed by atoms with van der Waals surface area (Å²) in [7, 11) is 1.42. The van der Waals surface area contributed by atoms with Crippen LogP contribution in [0.15, 0.2) is 24.3 Å². The van der Waals surface area contributed by atoms with Crippen LogP contribution in [0.1, 0.15) is 50.7 Å². The summed E-state index contributed by atoms with van der Waals surface area (Å²) in [6.45, 7) is 4.58. The molecule has 0 radical (unpaired) electrons. The Labute approximate surface area is 117 Å². The molecule has 0 heterocycles. The fourth-order valence-electron chi connectivity index (χ4n) is 2.09. The minimum Gasteiger partial charge on any atom is -0.469 e. The summed E-state index contributed by atoms with van der Waals surface area (Å²) in [4.78, 5) is 11.1. The number of benzene rings is 1. The van der Waals surface area contributed by atoms with Gasteiger partial charge in [-0.2, -0.15) is 0 Å². The molecular formula is C17H26O2. The maximum atomic E-state index is 11.1. The zero-order valence-electron chi connectivity index (χ0n) is 12.4. The van der Waals surface area contributed by atoms with Gasteiger partial charge in [-0.15, -0.1) is 0 Å². The van der Waals surface area contributed by atoms with Gasteiger partial charge in [-0.3, -0.25) is 4.79 Å². The number of ether oxygens (including phenoxy) is 1. The molecule has 0 fully saturated rings. The van der Waals surface area contributed by atoms with E-state index in [1.165, 1.54) is 38.4 Å². The van der Waals surface area contributed by atoms with Crippen LogP contribution in [0.4, 0.5) is 0 Å². The minimum absolute atomic E-state index is 0.179. The average Bonchev–Trinajstić information content (AvgIpc) is 2.44. The third kappa shape index (κ3) is 6.42. The van der Waals surface area contributed by atoms with Crippen molar-refractivity contribution in [3.63, 3.8) is 0 Å². The molecule has 1 atom stereocenters. The normalized spacial score (nSPS) is 12.2. The Morgan fingerprint density at radius 1 is 1.16 bits per heavy atom. The first-order chi connectivity index (χ1) is 9.15. The van der Waals surface area contributed by atoms with Crippen molar-refractivity contribution in [3.8, 4) is 0 Å². The van der Waals surface area contributed by atoms with Crippen LogP contribution in [-0.2, 0) is 22.4 Å². The summed E-state index contributed by atoms with van der Waals surface area (Å²) >= 11 is 0. The van der Waals surface area contributed by atoms with Crippen molar-refractivity contribution in [2.24, 2.45) is 5.92 Å². The number of carbonyl (C=O) groups is 1. The molecular weight excluding hydrogens is 236 g/mol. The Hall–Kier alpha value is -1.31. The number of rotatable bonds is 8. The fraction of sp³-hybridized carbons (Fsp3) is 0.588. The van der Waals surface area contributed by atoms with Gasteiger partial charge in [-0.1, -0.05) is 57.4 Å². The van der Waals surface area contributed by atoms with Crippen LogP contribution in [0.5, 0.6) is 0 Å². The maximum absolute atomic E-state index is 11.1. The summed E-state index contributed by atoms with van der Waals surface area (Å²) in [5.74, 6) is 0.670. The predicted octanol–water partition coefficient (Wildman–Crippen LogP) is 4.16. The number of unbranched alkanes of at least 4 members (excludes halogenated alkanes) is 1. The zero-order chi connectivity index (χ0) is 14.1. The van der Waals surface area contributed by atoms with E-state index in [4.69, 9.17) is 0 Å². The molecule has 0 N–H and O–H groups in total. The molecule has 0 aromatic heterocycles. The lowest BCUT2D eigenvalue weighted by Gasteiger charge is -2.08. The lowest BCUT2D eigenvalue weighted by Crippen LogP contribution is -2.04. The molecule has 0 saturated heterocycles. The standard InChI is InChI=1S/C17H26O2/c1-4-14(2)7-5-6-8-15-9-11-16(12-10-15)13-17(18)19-3/h9-12,14H,4-8,13H2,1-3H3/t14-/m0/s1. The zero-order valence-corrected chi connectivity index (χ0v) is 12.4. The second kappa shape index (κ2) is 8.73. The van der Waals surface area contributed by atoms with Gasteiger partial charge < -0.3 is 4.74 Å². The first-order valence-electron chi connectivity index (χ1n) is 7.30. The summed E-state index contributed by atoms with van der Waals surface area (Å²) in [6.07, 6.45) is 6.67. The lowest BCUT2D eigenvalue weighted by molar-refractivity contribution is -0.139. The molecule has 2 heteroatoms. The van der Waals surface area contributed by atoms with Gasteiger partial charge in [-0.25, -0.2) is 0 Å². The van der Waals surface area contributed by atoms with Crippen LogP contribution in [-0.4, -0.2) is 13.1 Å². The Bertz CT molecular complexity index is 367. The summed E-state index contributed by atoms with van der Waals surface area (Å²) in [6, 6.07) is 8.31. The highest BCUT2D eigenvalue weighted by Crippen LogP contribution is 2.14. The second-order valence-electron chi connectivity index (χ2n) is 5.33. The SMILES string of the molecule is CC[C@H](C)CCCCc1ccc(CC(=O)OC)cc1. The van der Waals surface area contributed by atoms with Gasteiger partial charge in [0.25, 0.3) is 0 Å². The highest BCUT2D eigenvalue weighted by atomic mass is 16.5. The predicted molar refractivity (Wildman–Crippen MR) is 79.2 cm³/mol. The van der Waals surface area contributed by atoms with E-state index in [-0.39, 0.29) is 5.97 Å². The molecule has 0 aliphatic carbocycles. The molecule has 1 rings (SSSR count). The van der Waals surface area contributed by atoms with Gasteiger partial charge in [0.05, 0.1) is 13.5 Å². The van der Waals surface area contributed by atoms with E-state index in [2.05, 4.69) is 30.7 Å². The van der Waals surface area contributed by atoms with Crippen molar-refractivity contribution >= 4 is 5.97 Å². The van der Waals surface area contributed by atoms with Crippen molar-refractivity contribution in [1.29, 1.82) is 0 Å². The molecule has 0 amide bonds. The molecule has 2 nitrogen and oxygen atoms in total. The number of hydrogen-bond donors (Lipinski definition) is 0. The average molecular weight is 262 g/mol. The summed E-state index contributed by atoms with van der Waals surface area (Å²) in [5, 5.41) is 0. The van der Waals surface area contributed by atoms with Gasteiger partial charge in [0.1, 0.15) is 0 Å². The van der Waals surface area contributed by atoms with E-state index < -0.39 is 0 Å². The van der Waals surface area contributed by atoms with Gasteiger partial charge in [0, 0.05) is 0 Å². The number of aryl methyl sites for hydroxylation is 1. The molecule has 0 aliphatic heterocycles. The Morgan fingerprint density at radius 2 is 1.79 bits per heavy atom. The van der Waals surface area contributed by atoms with Crippen LogP contribution < -0.4 is 0 Å². The Kier molecular flexibility index (Phi) is 7.24. The lowest BCUT2D eigenvalue weighted by atomic mass is 9.99. The van der Waals surface area contributed by atoms with Gasteiger partial charge in [-0.05, 0) is 29.9 Å². The molecule has 0 aliphatic rings. The summed E-state index contributed by atoms with van der Waals surface area (Å²) in [5.41, 5.74) is 2.38. The second-order valence-corrected chi connectivity index (χ2v) is 5.33.